The lowest BCUT2D eigenvalue weighted by Crippen LogP contribution is -2.05. The van der Waals surface area contributed by atoms with Gasteiger partial charge >= 0.3 is 0 Å². The summed E-state index contributed by atoms with van der Waals surface area (Å²) in [5.74, 6) is 0.700. The smallest absolute Gasteiger partial charge is 0.170 e. The maximum Gasteiger partial charge on any atom is 0.170 e. The summed E-state index contributed by atoms with van der Waals surface area (Å²) in [5, 5.41) is 2.34. The van der Waals surface area contributed by atoms with E-state index in [0.717, 1.165) is 10.9 Å². The van der Waals surface area contributed by atoms with Gasteiger partial charge in [-0.05, 0) is 28.5 Å². The van der Waals surface area contributed by atoms with E-state index in [0.29, 0.717) is 17.7 Å². The van der Waals surface area contributed by atoms with Crippen molar-refractivity contribution >= 4 is 16.6 Å². The first kappa shape index (κ1) is 13.4. The summed E-state index contributed by atoms with van der Waals surface area (Å²) < 4.78 is 5.25. The molecule has 0 fully saturated rings. The molecule has 21 heavy (non-hydrogen) atoms. The Balaban J connectivity index is 1.89. The van der Waals surface area contributed by atoms with E-state index in [4.69, 9.17) is 4.74 Å². The number of carbonyl (C=O) groups is 1. The summed E-state index contributed by atoms with van der Waals surface area (Å²) in [6.45, 7) is 0. The van der Waals surface area contributed by atoms with Gasteiger partial charge in [0.2, 0.25) is 0 Å². The first-order chi connectivity index (χ1) is 10.3. The summed E-state index contributed by atoms with van der Waals surface area (Å²) >= 11 is 0. The van der Waals surface area contributed by atoms with E-state index in [-0.39, 0.29) is 5.78 Å². The molecule has 0 radical (unpaired) electrons. The van der Waals surface area contributed by atoms with E-state index in [2.05, 4.69) is 24.3 Å². The molecule has 2 nitrogen and oxygen atoms in total. The highest BCUT2D eigenvalue weighted by atomic mass is 16.5. The zero-order valence-electron chi connectivity index (χ0n) is 11.9. The van der Waals surface area contributed by atoms with Crippen molar-refractivity contribution in [2.75, 3.05) is 7.11 Å². The Hall–Kier alpha value is -2.61. The lowest BCUT2D eigenvalue weighted by atomic mass is 10.00. The minimum atomic E-state index is 0.0720. The molecule has 0 N–H and O–H groups in total. The zero-order chi connectivity index (χ0) is 14.7. The molecular formula is C19H16O2. The average molecular weight is 276 g/mol. The van der Waals surface area contributed by atoms with Crippen LogP contribution in [0.4, 0.5) is 0 Å². The van der Waals surface area contributed by atoms with Crippen molar-refractivity contribution in [3.63, 3.8) is 0 Å². The van der Waals surface area contributed by atoms with Gasteiger partial charge in [0, 0.05) is 6.42 Å². The van der Waals surface area contributed by atoms with Gasteiger partial charge in [0.25, 0.3) is 0 Å². The van der Waals surface area contributed by atoms with Crippen LogP contribution in [0.3, 0.4) is 0 Å². The number of methoxy groups -OCH3 is 1. The maximum absolute atomic E-state index is 12.4. The number of ether oxygens (including phenoxy) is 1. The van der Waals surface area contributed by atoms with Crippen LogP contribution in [-0.2, 0) is 6.42 Å². The Morgan fingerprint density at radius 3 is 2.43 bits per heavy atom. The van der Waals surface area contributed by atoms with Crippen LogP contribution in [-0.4, -0.2) is 12.9 Å². The lowest BCUT2D eigenvalue weighted by molar-refractivity contribution is 0.0990. The molecule has 0 spiro atoms. The van der Waals surface area contributed by atoms with Crippen LogP contribution in [0, 0.1) is 0 Å². The van der Waals surface area contributed by atoms with E-state index in [1.165, 1.54) is 5.39 Å². The molecule has 3 rings (SSSR count). The third-order valence-electron chi connectivity index (χ3n) is 3.59. The van der Waals surface area contributed by atoms with Crippen molar-refractivity contribution in [3.05, 3.63) is 77.9 Å². The number of carbonyl (C=O) groups excluding carboxylic acids is 1. The van der Waals surface area contributed by atoms with Crippen LogP contribution in [0.25, 0.3) is 10.8 Å². The third-order valence-corrected chi connectivity index (χ3v) is 3.59. The van der Waals surface area contributed by atoms with Crippen LogP contribution in [0.5, 0.6) is 5.75 Å². The standard InChI is InChI=1S/C19H16O2/c1-21-19-9-5-4-8-17(19)18(20)13-14-10-11-15-6-2-3-7-16(15)12-14/h2-12H,13H2,1H3. The molecule has 0 unspecified atom stereocenters. The molecule has 0 bridgehead atoms. The summed E-state index contributed by atoms with van der Waals surface area (Å²) in [5.41, 5.74) is 1.65. The van der Waals surface area contributed by atoms with Gasteiger partial charge in [-0.2, -0.15) is 0 Å². The number of ketones is 1. The summed E-state index contributed by atoms with van der Waals surface area (Å²) in [4.78, 5) is 12.4. The van der Waals surface area contributed by atoms with E-state index in [1.54, 1.807) is 7.11 Å². The second kappa shape index (κ2) is 5.80. The zero-order valence-corrected chi connectivity index (χ0v) is 11.9. The van der Waals surface area contributed by atoms with Crippen molar-refractivity contribution in [1.29, 1.82) is 0 Å². The Morgan fingerprint density at radius 1 is 0.905 bits per heavy atom. The number of Topliss-reactive ketones (excluding diaryl/α,β-unsaturated/α-hetero) is 1. The largest absolute Gasteiger partial charge is 0.496 e. The molecule has 0 aliphatic heterocycles. The minimum absolute atomic E-state index is 0.0720. The molecule has 2 heteroatoms. The fourth-order valence-corrected chi connectivity index (χ4v) is 2.50. The topological polar surface area (TPSA) is 26.3 Å². The number of benzene rings is 3. The van der Waals surface area contributed by atoms with Gasteiger partial charge in [-0.15, -0.1) is 0 Å². The molecule has 0 heterocycles. The predicted molar refractivity (Wildman–Crippen MR) is 85.0 cm³/mol. The second-order valence-electron chi connectivity index (χ2n) is 4.98. The third kappa shape index (κ3) is 2.79. The molecule has 3 aromatic carbocycles. The van der Waals surface area contributed by atoms with E-state index < -0.39 is 0 Å². The average Bonchev–Trinajstić information content (AvgIpc) is 2.54. The first-order valence-electron chi connectivity index (χ1n) is 6.92. The Morgan fingerprint density at radius 2 is 1.62 bits per heavy atom. The second-order valence-corrected chi connectivity index (χ2v) is 4.98. The van der Waals surface area contributed by atoms with Crippen molar-refractivity contribution in [2.24, 2.45) is 0 Å². The number of hydrogen-bond acceptors (Lipinski definition) is 2. The highest BCUT2D eigenvalue weighted by Crippen LogP contribution is 2.21. The van der Waals surface area contributed by atoms with Crippen LogP contribution < -0.4 is 4.74 Å². The molecule has 104 valence electrons. The minimum Gasteiger partial charge on any atom is -0.496 e. The molecule has 0 atom stereocenters. The Labute approximate surface area is 124 Å². The lowest BCUT2D eigenvalue weighted by Gasteiger charge is -2.08. The summed E-state index contributed by atoms with van der Waals surface area (Å²) in [7, 11) is 1.59. The van der Waals surface area contributed by atoms with E-state index in [9.17, 15) is 4.79 Å². The summed E-state index contributed by atoms with van der Waals surface area (Å²) in [6.07, 6.45) is 0.380. The normalized spacial score (nSPS) is 10.5. The van der Waals surface area contributed by atoms with Gasteiger partial charge in [-0.25, -0.2) is 0 Å². The quantitative estimate of drug-likeness (QED) is 0.665. The van der Waals surface area contributed by atoms with Gasteiger partial charge in [-0.1, -0.05) is 54.6 Å². The first-order valence-corrected chi connectivity index (χ1v) is 6.92. The molecule has 0 saturated heterocycles. The molecule has 3 aromatic rings. The number of fused-ring (bicyclic) bond motifs is 1. The van der Waals surface area contributed by atoms with Gasteiger partial charge < -0.3 is 4.74 Å². The number of para-hydroxylation sites is 1. The fourth-order valence-electron chi connectivity index (χ4n) is 2.50. The van der Waals surface area contributed by atoms with Crippen molar-refractivity contribution in [3.8, 4) is 5.75 Å². The SMILES string of the molecule is COc1ccccc1C(=O)Cc1ccc2ccccc2c1. The highest BCUT2D eigenvalue weighted by molar-refractivity contribution is 6.00. The maximum atomic E-state index is 12.4. The highest BCUT2D eigenvalue weighted by Gasteiger charge is 2.12. The van der Waals surface area contributed by atoms with Gasteiger partial charge in [-0.3, -0.25) is 4.79 Å². The summed E-state index contributed by atoms with van der Waals surface area (Å²) in [6, 6.07) is 21.6. The van der Waals surface area contributed by atoms with Gasteiger partial charge in [0.05, 0.1) is 12.7 Å². The van der Waals surface area contributed by atoms with Crippen LogP contribution in [0.1, 0.15) is 15.9 Å². The molecule has 0 aromatic heterocycles. The molecular weight excluding hydrogens is 260 g/mol. The molecule has 0 aliphatic rings. The van der Waals surface area contributed by atoms with Crippen molar-refractivity contribution < 1.29 is 9.53 Å². The molecule has 0 aliphatic carbocycles. The Bertz CT molecular complexity index is 790. The van der Waals surface area contributed by atoms with E-state index >= 15 is 0 Å². The van der Waals surface area contributed by atoms with Crippen molar-refractivity contribution in [2.45, 2.75) is 6.42 Å². The van der Waals surface area contributed by atoms with Crippen LogP contribution >= 0.6 is 0 Å². The van der Waals surface area contributed by atoms with Crippen LogP contribution in [0.2, 0.25) is 0 Å². The number of hydrogen-bond donors (Lipinski definition) is 0. The molecule has 0 saturated carbocycles. The number of rotatable bonds is 4. The van der Waals surface area contributed by atoms with E-state index in [1.807, 2.05) is 42.5 Å². The van der Waals surface area contributed by atoms with Gasteiger partial charge in [0.1, 0.15) is 5.75 Å². The molecule has 0 amide bonds. The van der Waals surface area contributed by atoms with Crippen molar-refractivity contribution in [1.82, 2.24) is 0 Å². The fraction of sp³-hybridized carbons (Fsp3) is 0.105. The Kier molecular flexibility index (Phi) is 3.69. The van der Waals surface area contributed by atoms with Crippen LogP contribution in [0.15, 0.2) is 66.7 Å². The predicted octanol–water partition coefficient (Wildman–Crippen LogP) is 4.27. The monoisotopic (exact) mass is 276 g/mol. The van der Waals surface area contributed by atoms with Gasteiger partial charge in [0.15, 0.2) is 5.78 Å².